The Hall–Kier alpha value is -1.79. The molecule has 20 heavy (non-hydrogen) atoms. The van der Waals surface area contributed by atoms with Crippen LogP contribution in [0.5, 0.6) is 0 Å². The fraction of sp³-hybridized carbons (Fsp3) is 0.286. The zero-order valence-electron chi connectivity index (χ0n) is 11.3. The van der Waals surface area contributed by atoms with Crippen LogP contribution >= 0.6 is 11.3 Å². The van der Waals surface area contributed by atoms with E-state index in [1.54, 1.807) is 37.6 Å². The van der Waals surface area contributed by atoms with Crippen LogP contribution in [0.15, 0.2) is 29.6 Å². The van der Waals surface area contributed by atoms with Crippen LogP contribution in [0.25, 0.3) is 0 Å². The normalized spacial score (nSPS) is 12.2. The van der Waals surface area contributed by atoms with Crippen molar-refractivity contribution in [3.8, 4) is 0 Å². The van der Waals surface area contributed by atoms with E-state index in [2.05, 4.69) is 4.98 Å². The van der Waals surface area contributed by atoms with E-state index in [-0.39, 0.29) is 17.8 Å². The van der Waals surface area contributed by atoms with Gasteiger partial charge in [0.25, 0.3) is 5.91 Å². The standard InChI is InChI=1S/C14H16FN3OS/c1-9(10-5-3-4-6-11(10)15)18(2)14(19)12-8-20-13(7-16)17-12/h3-6,8-9H,7,16H2,1-2H3. The molecule has 0 saturated heterocycles. The second-order valence-electron chi connectivity index (χ2n) is 4.44. The summed E-state index contributed by atoms with van der Waals surface area (Å²) in [6.45, 7) is 2.09. The Bertz CT molecular complexity index is 614. The molecule has 0 aliphatic heterocycles. The summed E-state index contributed by atoms with van der Waals surface area (Å²) in [5, 5.41) is 2.38. The molecule has 4 nitrogen and oxygen atoms in total. The third-order valence-corrected chi connectivity index (χ3v) is 4.07. The maximum atomic E-state index is 13.8. The number of carbonyl (C=O) groups is 1. The molecule has 0 spiro atoms. The third-order valence-electron chi connectivity index (χ3n) is 3.20. The van der Waals surface area contributed by atoms with Crippen LogP contribution in [-0.2, 0) is 6.54 Å². The van der Waals surface area contributed by atoms with Crippen LogP contribution < -0.4 is 5.73 Å². The highest BCUT2D eigenvalue weighted by molar-refractivity contribution is 7.09. The number of nitrogens with two attached hydrogens (primary N) is 1. The molecule has 0 fully saturated rings. The van der Waals surface area contributed by atoms with Crippen molar-refractivity contribution in [3.63, 3.8) is 0 Å². The Balaban J connectivity index is 2.20. The van der Waals surface area contributed by atoms with Crippen molar-refractivity contribution in [1.29, 1.82) is 0 Å². The topological polar surface area (TPSA) is 59.2 Å². The molecule has 2 N–H and O–H groups in total. The Labute approximate surface area is 121 Å². The van der Waals surface area contributed by atoms with Crippen molar-refractivity contribution >= 4 is 17.2 Å². The van der Waals surface area contributed by atoms with Crippen LogP contribution in [0.2, 0.25) is 0 Å². The molecule has 0 aliphatic carbocycles. The van der Waals surface area contributed by atoms with Crippen molar-refractivity contribution in [1.82, 2.24) is 9.88 Å². The van der Waals surface area contributed by atoms with Gasteiger partial charge in [-0.05, 0) is 13.0 Å². The van der Waals surface area contributed by atoms with Crippen LogP contribution in [-0.4, -0.2) is 22.8 Å². The van der Waals surface area contributed by atoms with Crippen molar-refractivity contribution in [3.05, 3.63) is 51.7 Å². The van der Waals surface area contributed by atoms with Gasteiger partial charge in [0.2, 0.25) is 0 Å². The average Bonchev–Trinajstić information content (AvgIpc) is 2.94. The zero-order chi connectivity index (χ0) is 14.7. The van der Waals surface area contributed by atoms with Crippen LogP contribution in [0.4, 0.5) is 4.39 Å². The van der Waals surface area contributed by atoms with Crippen molar-refractivity contribution < 1.29 is 9.18 Å². The monoisotopic (exact) mass is 293 g/mol. The maximum Gasteiger partial charge on any atom is 0.273 e. The summed E-state index contributed by atoms with van der Waals surface area (Å²) < 4.78 is 13.8. The SMILES string of the molecule is CC(c1ccccc1F)N(C)C(=O)c1csc(CN)n1. The van der Waals surface area contributed by atoms with Gasteiger partial charge >= 0.3 is 0 Å². The first-order valence-electron chi connectivity index (χ1n) is 6.20. The van der Waals surface area contributed by atoms with E-state index >= 15 is 0 Å². The maximum absolute atomic E-state index is 13.8. The van der Waals surface area contributed by atoms with Gasteiger partial charge in [0, 0.05) is 24.5 Å². The second kappa shape index (κ2) is 6.11. The summed E-state index contributed by atoms with van der Waals surface area (Å²) in [5.41, 5.74) is 6.32. The smallest absolute Gasteiger partial charge is 0.273 e. The molecule has 2 rings (SSSR count). The van der Waals surface area contributed by atoms with Crippen molar-refractivity contribution in [2.45, 2.75) is 19.5 Å². The molecule has 106 valence electrons. The van der Waals surface area contributed by atoms with Crippen LogP contribution in [0.1, 0.15) is 34.0 Å². The molecule has 0 radical (unpaired) electrons. The molecular formula is C14H16FN3OS. The summed E-state index contributed by atoms with van der Waals surface area (Å²) in [7, 11) is 1.64. The highest BCUT2D eigenvalue weighted by atomic mass is 32.1. The third kappa shape index (κ3) is 2.86. The molecule has 1 heterocycles. The van der Waals surface area contributed by atoms with Gasteiger partial charge in [-0.15, -0.1) is 11.3 Å². The number of aromatic nitrogens is 1. The summed E-state index contributed by atoms with van der Waals surface area (Å²) in [5.74, 6) is -0.558. The second-order valence-corrected chi connectivity index (χ2v) is 5.39. The molecule has 0 aliphatic rings. The summed E-state index contributed by atoms with van der Waals surface area (Å²) in [4.78, 5) is 17.9. The number of thiazole rings is 1. The lowest BCUT2D eigenvalue weighted by atomic mass is 10.1. The fourth-order valence-corrected chi connectivity index (χ4v) is 2.53. The molecule has 1 aromatic heterocycles. The van der Waals surface area contributed by atoms with Gasteiger partial charge in [-0.2, -0.15) is 0 Å². The number of carbonyl (C=O) groups excluding carboxylic acids is 1. The Morgan fingerprint density at radius 3 is 2.80 bits per heavy atom. The number of hydrogen-bond donors (Lipinski definition) is 1. The first kappa shape index (κ1) is 14.6. The number of hydrogen-bond acceptors (Lipinski definition) is 4. The van der Waals surface area contributed by atoms with E-state index < -0.39 is 0 Å². The molecule has 2 aromatic rings. The number of nitrogens with zero attached hydrogens (tertiary/aromatic N) is 2. The van der Waals surface area contributed by atoms with E-state index in [1.807, 2.05) is 0 Å². The minimum absolute atomic E-state index is 0.239. The molecular weight excluding hydrogens is 277 g/mol. The first-order chi connectivity index (χ1) is 9.54. The quantitative estimate of drug-likeness (QED) is 0.942. The van der Waals surface area contributed by atoms with Gasteiger partial charge in [0.15, 0.2) is 0 Å². The number of benzene rings is 1. The highest BCUT2D eigenvalue weighted by Crippen LogP contribution is 2.23. The van der Waals surface area contributed by atoms with Gasteiger partial charge in [-0.3, -0.25) is 4.79 Å². The lowest BCUT2D eigenvalue weighted by molar-refractivity contribution is 0.0735. The summed E-state index contributed by atoms with van der Waals surface area (Å²) >= 11 is 1.35. The molecule has 1 amide bonds. The molecule has 1 unspecified atom stereocenters. The molecule has 1 aromatic carbocycles. The number of halogens is 1. The van der Waals surface area contributed by atoms with E-state index in [0.29, 0.717) is 22.8 Å². The van der Waals surface area contributed by atoms with Gasteiger partial charge in [-0.25, -0.2) is 9.37 Å². The largest absolute Gasteiger partial charge is 0.333 e. The van der Waals surface area contributed by atoms with Crippen molar-refractivity contribution in [2.24, 2.45) is 5.73 Å². The minimum atomic E-state index is -0.369. The van der Waals surface area contributed by atoms with Gasteiger partial charge in [0.05, 0.1) is 6.04 Å². The van der Waals surface area contributed by atoms with E-state index in [9.17, 15) is 9.18 Å². The van der Waals surface area contributed by atoms with Gasteiger partial charge in [0.1, 0.15) is 16.5 Å². The molecule has 6 heteroatoms. The first-order valence-corrected chi connectivity index (χ1v) is 7.08. The van der Waals surface area contributed by atoms with Crippen molar-refractivity contribution in [2.75, 3.05) is 7.05 Å². The summed E-state index contributed by atoms with van der Waals surface area (Å²) in [6, 6.07) is 6.08. The average molecular weight is 293 g/mol. The fourth-order valence-electron chi connectivity index (χ4n) is 1.88. The van der Waals surface area contributed by atoms with E-state index in [4.69, 9.17) is 5.73 Å². The van der Waals surface area contributed by atoms with Gasteiger partial charge < -0.3 is 10.6 Å². The Morgan fingerprint density at radius 2 is 2.20 bits per heavy atom. The zero-order valence-corrected chi connectivity index (χ0v) is 12.2. The van der Waals surface area contributed by atoms with E-state index in [0.717, 1.165) is 0 Å². The summed E-state index contributed by atoms with van der Waals surface area (Å²) in [6.07, 6.45) is 0. The number of amides is 1. The minimum Gasteiger partial charge on any atom is -0.333 e. The highest BCUT2D eigenvalue weighted by Gasteiger charge is 2.22. The van der Waals surface area contributed by atoms with Crippen LogP contribution in [0, 0.1) is 5.82 Å². The predicted octanol–water partition coefficient (Wildman–Crippen LogP) is 2.57. The lowest BCUT2D eigenvalue weighted by Crippen LogP contribution is -2.30. The Kier molecular flexibility index (Phi) is 4.46. The van der Waals surface area contributed by atoms with Gasteiger partial charge in [-0.1, -0.05) is 18.2 Å². The Morgan fingerprint density at radius 1 is 1.50 bits per heavy atom. The number of rotatable bonds is 4. The predicted molar refractivity (Wildman–Crippen MR) is 76.9 cm³/mol. The molecule has 1 atom stereocenters. The van der Waals surface area contributed by atoms with E-state index in [1.165, 1.54) is 22.3 Å². The molecule has 0 bridgehead atoms. The van der Waals surface area contributed by atoms with Crippen LogP contribution in [0.3, 0.4) is 0 Å². The lowest BCUT2D eigenvalue weighted by Gasteiger charge is -2.24. The molecule has 0 saturated carbocycles.